The maximum atomic E-state index is 5.13. The number of aromatic nitrogens is 4. The van der Waals surface area contributed by atoms with Gasteiger partial charge in [-0.05, 0) is 69.4 Å². The summed E-state index contributed by atoms with van der Waals surface area (Å²) in [6, 6.07) is 68.2. The zero-order valence-corrected chi connectivity index (χ0v) is 31.5. The highest BCUT2D eigenvalue weighted by molar-refractivity contribution is 7.25. The molecule has 11 rings (SSSR count). The number of pyridine rings is 1. The van der Waals surface area contributed by atoms with Crippen molar-refractivity contribution in [1.82, 2.24) is 19.9 Å². The summed E-state index contributed by atoms with van der Waals surface area (Å²) in [5.74, 6) is 1.95. The Morgan fingerprint density at radius 1 is 0.298 bits per heavy atom. The molecule has 0 saturated heterocycles. The van der Waals surface area contributed by atoms with Gasteiger partial charge < -0.3 is 0 Å². The largest absolute Gasteiger partial charge is 0.248 e. The van der Waals surface area contributed by atoms with Crippen LogP contribution in [0.5, 0.6) is 0 Å². The Morgan fingerprint density at radius 3 is 1.47 bits per heavy atom. The van der Waals surface area contributed by atoms with E-state index in [1.165, 1.54) is 47.6 Å². The molecule has 0 N–H and O–H groups in total. The Balaban J connectivity index is 0.926. The molecule has 57 heavy (non-hydrogen) atoms. The molecule has 0 aliphatic carbocycles. The second kappa shape index (κ2) is 13.7. The van der Waals surface area contributed by atoms with E-state index in [9.17, 15) is 0 Å². The minimum Gasteiger partial charge on any atom is -0.248 e. The number of fused-ring (bicyclic) bond motifs is 5. The zero-order valence-electron chi connectivity index (χ0n) is 30.7. The Bertz CT molecular complexity index is 3230. The van der Waals surface area contributed by atoms with Crippen LogP contribution in [-0.4, -0.2) is 19.9 Å². The fourth-order valence-corrected chi connectivity index (χ4v) is 8.96. The van der Waals surface area contributed by atoms with Gasteiger partial charge in [-0.2, -0.15) is 0 Å². The fourth-order valence-electron chi connectivity index (χ4n) is 7.88. The summed E-state index contributed by atoms with van der Waals surface area (Å²) in [5.41, 5.74) is 10.6. The van der Waals surface area contributed by atoms with E-state index in [4.69, 9.17) is 19.9 Å². The standard InChI is InChI=1S/C52H32N4S/c1-3-11-34(12-4-1)50-54-51(35-13-5-2-6-14-35)56-52(55-50)36-21-19-33(20-22-36)40-26-27-41(43-16-8-7-15-42(40)43)37-23-28-46-38(31-37)24-29-47(53-46)39-25-30-49-45(32-39)44-17-9-10-18-48(44)57-49/h1-32H. The second-order valence-corrected chi connectivity index (χ2v) is 15.3. The van der Waals surface area contributed by atoms with Gasteiger partial charge in [0.25, 0.3) is 0 Å². The second-order valence-electron chi connectivity index (χ2n) is 14.2. The molecule has 0 amide bonds. The third-order valence-electron chi connectivity index (χ3n) is 10.8. The quantitative estimate of drug-likeness (QED) is 0.170. The zero-order chi connectivity index (χ0) is 37.7. The van der Waals surface area contributed by atoms with Gasteiger partial charge in [-0.15, -0.1) is 11.3 Å². The van der Waals surface area contributed by atoms with Gasteiger partial charge in [0.2, 0.25) is 0 Å². The molecule has 0 spiro atoms. The summed E-state index contributed by atoms with van der Waals surface area (Å²) in [4.78, 5) is 19.8. The van der Waals surface area contributed by atoms with Gasteiger partial charge in [0, 0.05) is 47.8 Å². The Morgan fingerprint density at radius 2 is 0.807 bits per heavy atom. The molecule has 266 valence electrons. The first-order valence-electron chi connectivity index (χ1n) is 19.0. The number of hydrogen-bond donors (Lipinski definition) is 0. The minimum absolute atomic E-state index is 0.643. The lowest BCUT2D eigenvalue weighted by Crippen LogP contribution is -2.00. The average Bonchev–Trinajstić information content (AvgIpc) is 3.67. The first-order chi connectivity index (χ1) is 28.2. The smallest absolute Gasteiger partial charge is 0.164 e. The Hall–Kier alpha value is -7.34. The van der Waals surface area contributed by atoms with Gasteiger partial charge >= 0.3 is 0 Å². The lowest BCUT2D eigenvalue weighted by molar-refractivity contribution is 1.07. The molecule has 0 aliphatic rings. The Kier molecular flexibility index (Phi) is 7.97. The highest BCUT2D eigenvalue weighted by atomic mass is 32.1. The SMILES string of the molecule is c1ccc(-c2nc(-c3ccccc3)nc(-c3ccc(-c4ccc(-c5ccc6nc(-c7ccc8sc9ccccc9c8c7)ccc6c5)c5ccccc45)cc3)n2)cc1. The van der Waals surface area contributed by atoms with E-state index >= 15 is 0 Å². The molecule has 8 aromatic carbocycles. The van der Waals surface area contributed by atoms with Crippen molar-refractivity contribution in [3.8, 4) is 67.7 Å². The third-order valence-corrected chi connectivity index (χ3v) is 11.9. The molecule has 3 heterocycles. The molecule has 5 heteroatoms. The van der Waals surface area contributed by atoms with E-state index in [2.05, 4.69) is 133 Å². The molecule has 0 atom stereocenters. The van der Waals surface area contributed by atoms with E-state index < -0.39 is 0 Å². The van der Waals surface area contributed by atoms with E-state index in [-0.39, 0.29) is 0 Å². The van der Waals surface area contributed by atoms with Crippen LogP contribution in [-0.2, 0) is 0 Å². The summed E-state index contributed by atoms with van der Waals surface area (Å²) in [6.07, 6.45) is 0. The van der Waals surface area contributed by atoms with Crippen molar-refractivity contribution in [3.05, 3.63) is 194 Å². The Labute approximate surface area is 333 Å². The van der Waals surface area contributed by atoms with Crippen LogP contribution in [0.2, 0.25) is 0 Å². The summed E-state index contributed by atoms with van der Waals surface area (Å²) < 4.78 is 2.62. The van der Waals surface area contributed by atoms with Crippen LogP contribution in [0.1, 0.15) is 0 Å². The molecule has 0 bridgehead atoms. The third kappa shape index (κ3) is 6.02. The van der Waals surface area contributed by atoms with Gasteiger partial charge in [0.05, 0.1) is 11.2 Å². The van der Waals surface area contributed by atoms with E-state index in [0.717, 1.165) is 44.4 Å². The van der Waals surface area contributed by atoms with Crippen LogP contribution in [0.4, 0.5) is 0 Å². The first kappa shape index (κ1) is 33.0. The molecule has 11 aromatic rings. The molecule has 0 fully saturated rings. The summed E-state index contributed by atoms with van der Waals surface area (Å²) in [6.45, 7) is 0. The maximum absolute atomic E-state index is 5.13. The van der Waals surface area contributed by atoms with Gasteiger partial charge in [0.15, 0.2) is 17.5 Å². The number of nitrogens with zero attached hydrogens (tertiary/aromatic N) is 4. The van der Waals surface area contributed by atoms with Gasteiger partial charge in [0.1, 0.15) is 0 Å². The van der Waals surface area contributed by atoms with Crippen LogP contribution in [0, 0.1) is 0 Å². The molecule has 0 saturated carbocycles. The molecule has 0 radical (unpaired) electrons. The van der Waals surface area contributed by atoms with Crippen LogP contribution >= 0.6 is 11.3 Å². The lowest BCUT2D eigenvalue weighted by atomic mass is 9.91. The van der Waals surface area contributed by atoms with Crippen molar-refractivity contribution in [2.24, 2.45) is 0 Å². The minimum atomic E-state index is 0.643. The summed E-state index contributed by atoms with van der Waals surface area (Å²) in [5, 5.41) is 6.11. The summed E-state index contributed by atoms with van der Waals surface area (Å²) in [7, 11) is 0. The number of benzene rings is 8. The van der Waals surface area contributed by atoms with E-state index in [1.54, 1.807) is 0 Å². The molecule has 3 aromatic heterocycles. The molecule has 0 aliphatic heterocycles. The average molecular weight is 745 g/mol. The monoisotopic (exact) mass is 744 g/mol. The molecular formula is C52H32N4S. The van der Waals surface area contributed by atoms with Crippen molar-refractivity contribution >= 4 is 53.2 Å². The summed E-state index contributed by atoms with van der Waals surface area (Å²) >= 11 is 1.84. The van der Waals surface area contributed by atoms with E-state index in [0.29, 0.717) is 17.5 Å². The number of rotatable bonds is 6. The van der Waals surface area contributed by atoms with Crippen molar-refractivity contribution < 1.29 is 0 Å². The first-order valence-corrected chi connectivity index (χ1v) is 19.9. The van der Waals surface area contributed by atoms with Crippen molar-refractivity contribution in [1.29, 1.82) is 0 Å². The van der Waals surface area contributed by atoms with Crippen molar-refractivity contribution in [2.45, 2.75) is 0 Å². The van der Waals surface area contributed by atoms with Crippen LogP contribution in [0.3, 0.4) is 0 Å². The predicted octanol–water partition coefficient (Wildman–Crippen LogP) is 13.9. The van der Waals surface area contributed by atoms with Crippen LogP contribution in [0.15, 0.2) is 194 Å². The topological polar surface area (TPSA) is 51.6 Å². The van der Waals surface area contributed by atoms with Crippen LogP contribution in [0.25, 0.3) is 110 Å². The van der Waals surface area contributed by atoms with Gasteiger partial charge in [-0.25, -0.2) is 19.9 Å². The normalized spacial score (nSPS) is 11.5. The van der Waals surface area contributed by atoms with Crippen LogP contribution < -0.4 is 0 Å². The predicted molar refractivity (Wildman–Crippen MR) is 238 cm³/mol. The highest BCUT2D eigenvalue weighted by Gasteiger charge is 2.15. The lowest BCUT2D eigenvalue weighted by Gasteiger charge is -2.13. The highest BCUT2D eigenvalue weighted by Crippen LogP contribution is 2.39. The fraction of sp³-hybridized carbons (Fsp3) is 0. The van der Waals surface area contributed by atoms with E-state index in [1.807, 2.05) is 72.0 Å². The molecule has 0 unspecified atom stereocenters. The van der Waals surface area contributed by atoms with Gasteiger partial charge in [-0.3, -0.25) is 0 Å². The number of thiophene rings is 1. The van der Waals surface area contributed by atoms with Gasteiger partial charge in [-0.1, -0.05) is 158 Å². The molecule has 4 nitrogen and oxygen atoms in total. The molecular weight excluding hydrogens is 713 g/mol. The van der Waals surface area contributed by atoms with Crippen molar-refractivity contribution in [3.63, 3.8) is 0 Å². The van der Waals surface area contributed by atoms with Crippen molar-refractivity contribution in [2.75, 3.05) is 0 Å². The number of hydrogen-bond acceptors (Lipinski definition) is 5. The maximum Gasteiger partial charge on any atom is 0.164 e.